The van der Waals surface area contributed by atoms with Crippen LogP contribution in [0.4, 0.5) is 0 Å². The number of sulfonamides is 1. The summed E-state index contributed by atoms with van der Waals surface area (Å²) < 4.78 is 27.4. The van der Waals surface area contributed by atoms with E-state index in [9.17, 15) is 13.2 Å². The van der Waals surface area contributed by atoms with Crippen LogP contribution >= 0.6 is 0 Å². The molecule has 4 rings (SSSR count). The maximum absolute atomic E-state index is 12.9. The number of amides is 1. The lowest BCUT2D eigenvalue weighted by molar-refractivity contribution is -0.134. The van der Waals surface area contributed by atoms with Crippen LogP contribution in [0, 0.1) is 11.8 Å². The van der Waals surface area contributed by atoms with Gasteiger partial charge in [0.05, 0.1) is 4.90 Å². The highest BCUT2D eigenvalue weighted by Crippen LogP contribution is 2.39. The molecule has 1 amide bonds. The Labute approximate surface area is 148 Å². The summed E-state index contributed by atoms with van der Waals surface area (Å²) in [6, 6.07) is 13.0. The summed E-state index contributed by atoms with van der Waals surface area (Å²) in [6.45, 7) is 3.77. The Morgan fingerprint density at radius 2 is 1.64 bits per heavy atom. The van der Waals surface area contributed by atoms with Gasteiger partial charge in [-0.25, -0.2) is 8.42 Å². The lowest BCUT2D eigenvalue weighted by Gasteiger charge is -2.34. The van der Waals surface area contributed by atoms with Gasteiger partial charge in [0.2, 0.25) is 15.9 Å². The van der Waals surface area contributed by atoms with E-state index in [1.54, 1.807) is 12.1 Å². The Morgan fingerprint density at radius 3 is 2.28 bits per heavy atom. The number of fused-ring (bicyclic) bond motifs is 1. The Hall–Kier alpha value is -1.92. The third kappa shape index (κ3) is 3.04. The predicted molar refractivity (Wildman–Crippen MR) is 96.6 cm³/mol. The number of piperazine rings is 1. The lowest BCUT2D eigenvalue weighted by atomic mass is 10.1. The highest BCUT2D eigenvalue weighted by molar-refractivity contribution is 7.89. The van der Waals surface area contributed by atoms with Gasteiger partial charge in [-0.15, -0.1) is 0 Å². The van der Waals surface area contributed by atoms with E-state index in [2.05, 4.69) is 6.92 Å². The first-order valence-corrected chi connectivity index (χ1v) is 10.2. The first-order chi connectivity index (χ1) is 12.0. The molecule has 1 saturated heterocycles. The average molecular weight is 358 g/mol. The minimum Gasteiger partial charge on any atom is -0.340 e. The van der Waals surface area contributed by atoms with E-state index in [4.69, 9.17) is 0 Å². The Balaban J connectivity index is 1.50. The molecule has 1 saturated carbocycles. The summed E-state index contributed by atoms with van der Waals surface area (Å²) in [7, 11) is -3.52. The van der Waals surface area contributed by atoms with Crippen molar-refractivity contribution in [3.05, 3.63) is 42.5 Å². The standard InChI is InChI=1S/C19H22N2O3S/c1-14-12-18(14)19(22)20-8-10-21(11-9-20)25(23,24)17-7-6-15-4-2-3-5-16(15)13-17/h2-7,13-14,18H,8-12H2,1H3/t14-,18+/m1/s1. The maximum atomic E-state index is 12.9. The molecule has 0 aromatic heterocycles. The van der Waals surface area contributed by atoms with Gasteiger partial charge in [-0.3, -0.25) is 4.79 Å². The van der Waals surface area contributed by atoms with Crippen LogP contribution in [0.5, 0.6) is 0 Å². The molecule has 2 aromatic rings. The van der Waals surface area contributed by atoms with Crippen molar-refractivity contribution in [1.82, 2.24) is 9.21 Å². The highest BCUT2D eigenvalue weighted by Gasteiger charge is 2.42. The van der Waals surface area contributed by atoms with Gasteiger partial charge in [0, 0.05) is 32.1 Å². The molecule has 6 heteroatoms. The monoisotopic (exact) mass is 358 g/mol. The van der Waals surface area contributed by atoms with Crippen molar-refractivity contribution in [3.8, 4) is 0 Å². The van der Waals surface area contributed by atoms with Gasteiger partial charge in [0.25, 0.3) is 0 Å². The maximum Gasteiger partial charge on any atom is 0.243 e. The van der Waals surface area contributed by atoms with E-state index in [1.165, 1.54) is 4.31 Å². The smallest absolute Gasteiger partial charge is 0.243 e. The van der Waals surface area contributed by atoms with E-state index >= 15 is 0 Å². The second-order valence-corrected chi connectivity index (χ2v) is 9.00. The summed E-state index contributed by atoms with van der Waals surface area (Å²) in [5.41, 5.74) is 0. The molecule has 2 atom stereocenters. The first kappa shape index (κ1) is 16.5. The number of hydrogen-bond acceptors (Lipinski definition) is 3. The van der Waals surface area contributed by atoms with Crippen LogP contribution in [0.3, 0.4) is 0 Å². The average Bonchev–Trinajstić information content (AvgIpc) is 3.37. The molecule has 25 heavy (non-hydrogen) atoms. The fourth-order valence-corrected chi connectivity index (χ4v) is 4.98. The molecule has 0 bridgehead atoms. The summed E-state index contributed by atoms with van der Waals surface area (Å²) in [5.74, 6) is 0.825. The Morgan fingerprint density at radius 1 is 1.00 bits per heavy atom. The molecule has 0 unspecified atom stereocenters. The lowest BCUT2D eigenvalue weighted by Crippen LogP contribution is -2.51. The molecule has 0 radical (unpaired) electrons. The number of benzene rings is 2. The van der Waals surface area contributed by atoms with Crippen molar-refractivity contribution < 1.29 is 13.2 Å². The quantitative estimate of drug-likeness (QED) is 0.846. The molecular weight excluding hydrogens is 336 g/mol. The first-order valence-electron chi connectivity index (χ1n) is 8.74. The number of carbonyl (C=O) groups excluding carboxylic acids is 1. The zero-order chi connectivity index (χ0) is 17.6. The molecule has 2 fully saturated rings. The zero-order valence-electron chi connectivity index (χ0n) is 14.3. The number of rotatable bonds is 3. The van der Waals surface area contributed by atoms with Crippen molar-refractivity contribution in [2.45, 2.75) is 18.2 Å². The normalized spacial score (nSPS) is 24.4. The summed E-state index contributed by atoms with van der Waals surface area (Å²) in [4.78, 5) is 14.4. The van der Waals surface area contributed by atoms with Crippen molar-refractivity contribution in [2.75, 3.05) is 26.2 Å². The van der Waals surface area contributed by atoms with Crippen LogP contribution in [0.2, 0.25) is 0 Å². The summed E-state index contributed by atoms with van der Waals surface area (Å²) in [6.07, 6.45) is 0.967. The van der Waals surface area contributed by atoms with Crippen molar-refractivity contribution in [1.29, 1.82) is 0 Å². The third-order valence-corrected chi connectivity index (χ3v) is 7.23. The Kier molecular flexibility index (Phi) is 4.04. The number of carbonyl (C=O) groups is 1. The van der Waals surface area contributed by atoms with Crippen LogP contribution in [0.15, 0.2) is 47.4 Å². The van der Waals surface area contributed by atoms with Gasteiger partial charge in [0.1, 0.15) is 0 Å². The predicted octanol–water partition coefficient (Wildman–Crippen LogP) is 2.33. The molecule has 0 spiro atoms. The van der Waals surface area contributed by atoms with Crippen molar-refractivity contribution in [2.24, 2.45) is 11.8 Å². The van der Waals surface area contributed by atoms with Gasteiger partial charge >= 0.3 is 0 Å². The molecule has 2 aromatic carbocycles. The minimum atomic E-state index is -3.52. The second kappa shape index (κ2) is 6.11. The van der Waals surface area contributed by atoms with Crippen LogP contribution in [0.25, 0.3) is 10.8 Å². The highest BCUT2D eigenvalue weighted by atomic mass is 32.2. The van der Waals surface area contributed by atoms with E-state index in [0.717, 1.165) is 17.2 Å². The minimum absolute atomic E-state index is 0.156. The van der Waals surface area contributed by atoms with Crippen LogP contribution in [0.1, 0.15) is 13.3 Å². The van der Waals surface area contributed by atoms with E-state index < -0.39 is 10.0 Å². The fourth-order valence-electron chi connectivity index (χ4n) is 3.53. The van der Waals surface area contributed by atoms with Gasteiger partial charge < -0.3 is 4.90 Å². The topological polar surface area (TPSA) is 57.7 Å². The van der Waals surface area contributed by atoms with Crippen molar-refractivity contribution >= 4 is 26.7 Å². The molecular formula is C19H22N2O3S. The van der Waals surface area contributed by atoms with E-state index in [-0.39, 0.29) is 11.8 Å². The third-order valence-electron chi connectivity index (χ3n) is 5.34. The van der Waals surface area contributed by atoms with E-state index in [1.807, 2.05) is 35.2 Å². The van der Waals surface area contributed by atoms with Gasteiger partial charge in [-0.2, -0.15) is 4.31 Å². The molecule has 132 valence electrons. The molecule has 1 aliphatic carbocycles. The van der Waals surface area contributed by atoms with Crippen LogP contribution in [-0.2, 0) is 14.8 Å². The molecule has 5 nitrogen and oxygen atoms in total. The van der Waals surface area contributed by atoms with E-state index in [0.29, 0.717) is 37.0 Å². The summed E-state index contributed by atoms with van der Waals surface area (Å²) in [5, 5.41) is 1.94. The molecule has 0 N–H and O–H groups in total. The SMILES string of the molecule is C[C@@H]1C[C@@H]1C(=O)N1CCN(S(=O)(=O)c2ccc3ccccc3c2)CC1. The number of hydrogen-bond donors (Lipinski definition) is 0. The molecule has 2 aliphatic rings. The Bertz CT molecular complexity index is 917. The zero-order valence-corrected chi connectivity index (χ0v) is 15.1. The van der Waals surface area contributed by atoms with Gasteiger partial charge in [-0.1, -0.05) is 37.3 Å². The second-order valence-electron chi connectivity index (χ2n) is 7.06. The molecule has 1 heterocycles. The molecule has 1 aliphatic heterocycles. The van der Waals surface area contributed by atoms with Crippen LogP contribution < -0.4 is 0 Å². The van der Waals surface area contributed by atoms with Gasteiger partial charge in [-0.05, 0) is 35.2 Å². The fraction of sp³-hybridized carbons (Fsp3) is 0.421. The van der Waals surface area contributed by atoms with Crippen molar-refractivity contribution in [3.63, 3.8) is 0 Å². The largest absolute Gasteiger partial charge is 0.340 e. The van der Waals surface area contributed by atoms with Gasteiger partial charge in [0.15, 0.2) is 0 Å². The number of nitrogens with zero attached hydrogens (tertiary/aromatic N) is 2. The van der Waals surface area contributed by atoms with Crippen LogP contribution in [-0.4, -0.2) is 49.7 Å². The summed E-state index contributed by atoms with van der Waals surface area (Å²) >= 11 is 0.